The molecule has 10 heteroatoms. The lowest BCUT2D eigenvalue weighted by Crippen LogP contribution is -1.98. The number of nitro groups is 1. The summed E-state index contributed by atoms with van der Waals surface area (Å²) in [5.74, 6) is -0.792. The van der Waals surface area contributed by atoms with E-state index in [9.17, 15) is 28.2 Å². The zero-order valence-electron chi connectivity index (χ0n) is 14.6. The molecule has 0 radical (unpaired) electrons. The molecular formula is C18H15N3O6S. The van der Waals surface area contributed by atoms with Crippen LogP contribution in [-0.2, 0) is 16.5 Å². The number of fused-ring (bicyclic) bond motifs is 1. The van der Waals surface area contributed by atoms with Gasteiger partial charge in [0.2, 0.25) is 0 Å². The van der Waals surface area contributed by atoms with E-state index in [1.807, 2.05) is 6.92 Å². The molecule has 0 aliphatic rings. The minimum absolute atomic E-state index is 0.0370. The maximum Gasteiger partial charge on any atom is 0.298 e. The summed E-state index contributed by atoms with van der Waals surface area (Å²) in [6.07, 6.45) is 0.618. The number of nitrogens with zero attached hydrogens (tertiary/aromatic N) is 3. The van der Waals surface area contributed by atoms with Gasteiger partial charge in [-0.15, -0.1) is 10.2 Å². The van der Waals surface area contributed by atoms with Crippen molar-refractivity contribution in [2.24, 2.45) is 10.2 Å². The van der Waals surface area contributed by atoms with E-state index >= 15 is 0 Å². The van der Waals surface area contributed by atoms with Crippen LogP contribution < -0.4 is 0 Å². The van der Waals surface area contributed by atoms with E-state index in [0.29, 0.717) is 17.2 Å². The number of phenolic OH excluding ortho intramolecular Hbond substituents is 1. The molecule has 0 aromatic heterocycles. The first-order chi connectivity index (χ1) is 13.2. The number of azo groups is 1. The lowest BCUT2D eigenvalue weighted by molar-refractivity contribution is -0.384. The molecule has 0 aliphatic heterocycles. The van der Waals surface area contributed by atoms with Gasteiger partial charge in [0.15, 0.2) is 11.4 Å². The monoisotopic (exact) mass is 401 g/mol. The summed E-state index contributed by atoms with van der Waals surface area (Å²) in [4.78, 5) is 9.90. The molecule has 3 rings (SSSR count). The van der Waals surface area contributed by atoms with Crippen LogP contribution in [0.1, 0.15) is 12.5 Å². The lowest BCUT2D eigenvalue weighted by atomic mass is 10.1. The van der Waals surface area contributed by atoms with Gasteiger partial charge in [0.25, 0.3) is 15.8 Å². The van der Waals surface area contributed by atoms with Gasteiger partial charge >= 0.3 is 0 Å². The Morgan fingerprint density at radius 3 is 2.46 bits per heavy atom. The van der Waals surface area contributed by atoms with Crippen LogP contribution in [0.2, 0.25) is 0 Å². The molecule has 0 amide bonds. The van der Waals surface area contributed by atoms with Gasteiger partial charge in [-0.25, -0.2) is 0 Å². The molecule has 0 saturated carbocycles. The zero-order valence-corrected chi connectivity index (χ0v) is 15.4. The largest absolute Gasteiger partial charge is 0.504 e. The predicted molar refractivity (Wildman–Crippen MR) is 102 cm³/mol. The van der Waals surface area contributed by atoms with E-state index in [2.05, 4.69) is 10.2 Å². The molecule has 0 bridgehead atoms. The van der Waals surface area contributed by atoms with Crippen molar-refractivity contribution in [1.29, 1.82) is 0 Å². The van der Waals surface area contributed by atoms with E-state index < -0.39 is 25.7 Å². The van der Waals surface area contributed by atoms with Crippen LogP contribution in [0.4, 0.5) is 17.1 Å². The Morgan fingerprint density at radius 2 is 1.82 bits per heavy atom. The van der Waals surface area contributed by atoms with Crippen LogP contribution in [0, 0.1) is 10.1 Å². The SMILES string of the molecule is CCc1ccc([N+](=O)[O-])c(N=Nc2c(O)c(S(=O)(=O)O)cc3ccccc23)c1. The van der Waals surface area contributed by atoms with Gasteiger partial charge in [-0.3, -0.25) is 14.7 Å². The number of benzene rings is 3. The molecule has 3 aromatic carbocycles. The summed E-state index contributed by atoms with van der Waals surface area (Å²) in [5, 5.41) is 30.1. The van der Waals surface area contributed by atoms with Crippen molar-refractivity contribution in [2.45, 2.75) is 18.2 Å². The average molecular weight is 401 g/mol. The molecule has 28 heavy (non-hydrogen) atoms. The van der Waals surface area contributed by atoms with Crippen molar-refractivity contribution >= 4 is 38.0 Å². The third-order valence-electron chi connectivity index (χ3n) is 4.14. The van der Waals surface area contributed by atoms with Crippen molar-refractivity contribution in [3.8, 4) is 5.75 Å². The molecular weight excluding hydrogens is 386 g/mol. The Hall–Kier alpha value is -3.37. The summed E-state index contributed by atoms with van der Waals surface area (Å²) >= 11 is 0. The second-order valence-electron chi connectivity index (χ2n) is 5.90. The molecule has 2 N–H and O–H groups in total. The van der Waals surface area contributed by atoms with Crippen LogP contribution in [0.25, 0.3) is 10.8 Å². The Morgan fingerprint density at radius 1 is 1.11 bits per heavy atom. The topological polar surface area (TPSA) is 142 Å². The van der Waals surface area contributed by atoms with E-state index in [1.165, 1.54) is 12.1 Å². The summed E-state index contributed by atoms with van der Waals surface area (Å²) in [6, 6.07) is 11.9. The lowest BCUT2D eigenvalue weighted by Gasteiger charge is -2.08. The maximum absolute atomic E-state index is 11.6. The van der Waals surface area contributed by atoms with Crippen molar-refractivity contribution in [2.75, 3.05) is 0 Å². The number of rotatable bonds is 5. The Bertz CT molecular complexity index is 1220. The van der Waals surface area contributed by atoms with E-state index in [4.69, 9.17) is 0 Å². The highest BCUT2D eigenvalue weighted by molar-refractivity contribution is 7.86. The smallest absolute Gasteiger partial charge is 0.298 e. The minimum Gasteiger partial charge on any atom is -0.504 e. The second kappa shape index (κ2) is 7.33. The van der Waals surface area contributed by atoms with Gasteiger partial charge in [-0.05, 0) is 29.5 Å². The van der Waals surface area contributed by atoms with E-state index in [-0.39, 0.29) is 17.1 Å². The van der Waals surface area contributed by atoms with Crippen LogP contribution >= 0.6 is 0 Å². The molecule has 0 aliphatic carbocycles. The first-order valence-corrected chi connectivity index (χ1v) is 9.57. The van der Waals surface area contributed by atoms with Crippen LogP contribution in [-0.4, -0.2) is 23.0 Å². The average Bonchev–Trinajstić information content (AvgIpc) is 2.65. The predicted octanol–water partition coefficient (Wildman–Crippen LogP) is 4.68. The third-order valence-corrected chi connectivity index (χ3v) is 5.01. The molecule has 0 heterocycles. The molecule has 0 fully saturated rings. The van der Waals surface area contributed by atoms with Crippen molar-refractivity contribution in [1.82, 2.24) is 0 Å². The summed E-state index contributed by atoms with van der Waals surface area (Å²) < 4.78 is 32.5. The number of hydrogen-bond donors (Lipinski definition) is 2. The fourth-order valence-electron chi connectivity index (χ4n) is 2.72. The van der Waals surface area contributed by atoms with Crippen molar-refractivity contribution in [3.63, 3.8) is 0 Å². The van der Waals surface area contributed by atoms with Gasteiger partial charge in [0.05, 0.1) is 4.92 Å². The first-order valence-electron chi connectivity index (χ1n) is 8.13. The highest BCUT2D eigenvalue weighted by Crippen LogP contribution is 2.41. The Balaban J connectivity index is 2.26. The molecule has 9 nitrogen and oxygen atoms in total. The number of nitro benzene ring substituents is 1. The molecule has 144 valence electrons. The van der Waals surface area contributed by atoms with Crippen LogP contribution in [0.5, 0.6) is 5.75 Å². The van der Waals surface area contributed by atoms with Crippen molar-refractivity contribution < 1.29 is 23.0 Å². The second-order valence-corrected chi connectivity index (χ2v) is 7.29. The van der Waals surface area contributed by atoms with E-state index in [1.54, 1.807) is 30.3 Å². The highest BCUT2D eigenvalue weighted by Gasteiger charge is 2.22. The fourth-order valence-corrected chi connectivity index (χ4v) is 3.33. The standard InChI is InChI=1S/C18H15N3O6S/c1-2-11-7-8-15(21(23)24)14(9-11)19-20-17-13-6-4-3-5-12(13)10-16(18(17)22)28(25,26)27/h3-10,22H,2H2,1H3,(H,25,26,27). The summed E-state index contributed by atoms with van der Waals surface area (Å²) in [5.41, 5.74) is 0.253. The maximum atomic E-state index is 11.6. The summed E-state index contributed by atoms with van der Waals surface area (Å²) in [6.45, 7) is 1.87. The van der Waals surface area contributed by atoms with Crippen LogP contribution in [0.15, 0.2) is 63.7 Å². The van der Waals surface area contributed by atoms with Gasteiger partial charge in [-0.2, -0.15) is 8.42 Å². The minimum atomic E-state index is -4.72. The van der Waals surface area contributed by atoms with Gasteiger partial charge in [0, 0.05) is 11.5 Å². The first kappa shape index (κ1) is 19.4. The highest BCUT2D eigenvalue weighted by atomic mass is 32.2. The molecule has 0 spiro atoms. The summed E-state index contributed by atoms with van der Waals surface area (Å²) in [7, 11) is -4.72. The van der Waals surface area contributed by atoms with Crippen molar-refractivity contribution in [3.05, 3.63) is 64.2 Å². The Labute approximate surface area is 159 Å². The normalized spacial score (nSPS) is 11.9. The molecule has 0 atom stereocenters. The number of phenols is 1. The quantitative estimate of drug-likeness (QED) is 0.275. The van der Waals surface area contributed by atoms with Gasteiger partial charge < -0.3 is 5.11 Å². The molecule has 0 saturated heterocycles. The number of aromatic hydroxyl groups is 1. The zero-order chi connectivity index (χ0) is 20.5. The van der Waals surface area contributed by atoms with E-state index in [0.717, 1.165) is 11.6 Å². The number of aryl methyl sites for hydroxylation is 1. The van der Waals surface area contributed by atoms with Gasteiger partial charge in [-0.1, -0.05) is 37.3 Å². The molecule has 0 unspecified atom stereocenters. The van der Waals surface area contributed by atoms with Crippen LogP contribution in [0.3, 0.4) is 0 Å². The van der Waals surface area contributed by atoms with Gasteiger partial charge in [0.1, 0.15) is 10.6 Å². The molecule has 3 aromatic rings. The Kier molecular flexibility index (Phi) is 5.08. The third kappa shape index (κ3) is 3.68. The fraction of sp³-hybridized carbons (Fsp3) is 0.111. The number of hydrogen-bond acceptors (Lipinski definition) is 7.